The van der Waals surface area contributed by atoms with Crippen LogP contribution >= 0.6 is 27.7 Å². The van der Waals surface area contributed by atoms with Crippen molar-refractivity contribution in [1.82, 2.24) is 4.98 Å². The highest BCUT2D eigenvalue weighted by atomic mass is 79.9. The first kappa shape index (κ1) is 12.6. The van der Waals surface area contributed by atoms with Gasteiger partial charge in [-0.05, 0) is 29.8 Å². The van der Waals surface area contributed by atoms with Crippen LogP contribution in [0.15, 0.2) is 58.2 Å². The van der Waals surface area contributed by atoms with Crippen LogP contribution in [0, 0.1) is 0 Å². The van der Waals surface area contributed by atoms with E-state index in [9.17, 15) is 5.11 Å². The Bertz CT molecular complexity index is 478. The van der Waals surface area contributed by atoms with E-state index >= 15 is 0 Å². The molecule has 1 N–H and O–H groups in total. The Kier molecular flexibility index (Phi) is 4.59. The van der Waals surface area contributed by atoms with Gasteiger partial charge in [0.15, 0.2) is 0 Å². The molecule has 2 nitrogen and oxygen atoms in total. The van der Waals surface area contributed by atoms with E-state index in [1.165, 1.54) is 0 Å². The molecule has 0 saturated carbocycles. The Balaban J connectivity index is 1.95. The average molecular weight is 310 g/mol. The largest absolute Gasteiger partial charge is 0.387 e. The maximum atomic E-state index is 9.98. The van der Waals surface area contributed by atoms with Crippen LogP contribution in [0.2, 0.25) is 0 Å². The molecule has 1 aromatic carbocycles. The SMILES string of the molecule is OC(CSc1cccc(Br)c1)c1cccnc1. The third-order valence-corrected chi connectivity index (χ3v) is 3.84. The van der Waals surface area contributed by atoms with Crippen LogP contribution in [0.3, 0.4) is 0 Å². The van der Waals surface area contributed by atoms with Crippen LogP contribution in [0.1, 0.15) is 11.7 Å². The standard InChI is InChI=1S/C13H12BrNOS/c14-11-4-1-5-12(7-11)17-9-13(16)10-3-2-6-15-8-10/h1-8,13,16H,9H2. The summed E-state index contributed by atoms with van der Waals surface area (Å²) in [5.74, 6) is 0.627. The fraction of sp³-hybridized carbons (Fsp3) is 0.154. The molecule has 1 heterocycles. The van der Waals surface area contributed by atoms with Gasteiger partial charge in [-0.2, -0.15) is 0 Å². The fourth-order valence-corrected chi connectivity index (χ4v) is 2.88. The molecule has 1 unspecified atom stereocenters. The van der Waals surface area contributed by atoms with E-state index in [1.54, 1.807) is 24.2 Å². The van der Waals surface area contributed by atoms with Gasteiger partial charge in [-0.25, -0.2) is 0 Å². The second-order valence-electron chi connectivity index (χ2n) is 3.57. The summed E-state index contributed by atoms with van der Waals surface area (Å²) in [4.78, 5) is 5.14. The van der Waals surface area contributed by atoms with Crippen molar-refractivity contribution in [1.29, 1.82) is 0 Å². The number of rotatable bonds is 4. The number of nitrogens with zero attached hydrogens (tertiary/aromatic N) is 1. The number of hydrogen-bond acceptors (Lipinski definition) is 3. The van der Waals surface area contributed by atoms with E-state index < -0.39 is 6.10 Å². The van der Waals surface area contributed by atoms with E-state index in [1.807, 2.05) is 36.4 Å². The summed E-state index contributed by atoms with van der Waals surface area (Å²) in [5.41, 5.74) is 0.856. The van der Waals surface area contributed by atoms with E-state index in [0.29, 0.717) is 5.75 Å². The molecule has 4 heteroatoms. The predicted molar refractivity (Wildman–Crippen MR) is 74.1 cm³/mol. The number of benzene rings is 1. The Hall–Kier alpha value is -0.840. The summed E-state index contributed by atoms with van der Waals surface area (Å²) < 4.78 is 1.05. The molecule has 0 saturated heterocycles. The second kappa shape index (κ2) is 6.19. The van der Waals surface area contributed by atoms with Gasteiger partial charge < -0.3 is 5.11 Å². The summed E-state index contributed by atoms with van der Waals surface area (Å²) in [7, 11) is 0. The Morgan fingerprint density at radius 3 is 2.88 bits per heavy atom. The second-order valence-corrected chi connectivity index (χ2v) is 5.58. The van der Waals surface area contributed by atoms with Crippen LogP contribution in [-0.2, 0) is 0 Å². The van der Waals surface area contributed by atoms with Crippen molar-refractivity contribution >= 4 is 27.7 Å². The number of thioether (sulfide) groups is 1. The number of halogens is 1. The van der Waals surface area contributed by atoms with Crippen molar-refractivity contribution < 1.29 is 5.11 Å². The van der Waals surface area contributed by atoms with Gasteiger partial charge in [-0.3, -0.25) is 4.98 Å². The Morgan fingerprint density at radius 2 is 2.18 bits per heavy atom. The first-order valence-corrected chi connectivity index (χ1v) is 7.00. The van der Waals surface area contributed by atoms with Crippen LogP contribution in [0.5, 0.6) is 0 Å². The van der Waals surface area contributed by atoms with Gasteiger partial charge in [-0.1, -0.05) is 28.1 Å². The minimum absolute atomic E-state index is 0.479. The lowest BCUT2D eigenvalue weighted by atomic mass is 10.2. The molecule has 88 valence electrons. The van der Waals surface area contributed by atoms with E-state index in [-0.39, 0.29) is 0 Å². The van der Waals surface area contributed by atoms with Gasteiger partial charge in [0.25, 0.3) is 0 Å². The maximum Gasteiger partial charge on any atom is 0.0898 e. The molecule has 17 heavy (non-hydrogen) atoms. The predicted octanol–water partition coefficient (Wildman–Crippen LogP) is 3.67. The van der Waals surface area contributed by atoms with E-state index in [0.717, 1.165) is 14.9 Å². The molecule has 2 aromatic rings. The summed E-state index contributed by atoms with van der Waals surface area (Å²) in [6.07, 6.45) is 2.93. The van der Waals surface area contributed by atoms with Crippen LogP contribution < -0.4 is 0 Å². The Morgan fingerprint density at radius 1 is 1.29 bits per heavy atom. The van der Waals surface area contributed by atoms with Gasteiger partial charge in [0.2, 0.25) is 0 Å². The summed E-state index contributed by atoms with van der Waals surface area (Å²) >= 11 is 5.06. The number of aromatic nitrogens is 1. The van der Waals surface area contributed by atoms with Crippen LogP contribution in [-0.4, -0.2) is 15.8 Å². The smallest absolute Gasteiger partial charge is 0.0898 e. The third kappa shape index (κ3) is 3.84. The molecular weight excluding hydrogens is 298 g/mol. The lowest BCUT2D eigenvalue weighted by Crippen LogP contribution is -2.00. The van der Waals surface area contributed by atoms with Gasteiger partial charge in [-0.15, -0.1) is 11.8 Å². The zero-order valence-electron chi connectivity index (χ0n) is 9.08. The van der Waals surface area contributed by atoms with Crippen molar-refractivity contribution in [2.45, 2.75) is 11.0 Å². The maximum absolute atomic E-state index is 9.98. The quantitative estimate of drug-likeness (QED) is 0.875. The molecule has 1 atom stereocenters. The lowest BCUT2D eigenvalue weighted by Gasteiger charge is -2.10. The van der Waals surface area contributed by atoms with Crippen molar-refractivity contribution in [2.75, 3.05) is 5.75 Å². The third-order valence-electron chi connectivity index (χ3n) is 2.27. The highest BCUT2D eigenvalue weighted by molar-refractivity contribution is 9.10. The molecule has 0 aliphatic rings. The molecule has 0 aliphatic heterocycles. The molecule has 0 bridgehead atoms. The molecule has 0 amide bonds. The first-order valence-electron chi connectivity index (χ1n) is 5.22. The highest BCUT2D eigenvalue weighted by Gasteiger charge is 2.07. The monoisotopic (exact) mass is 309 g/mol. The summed E-state index contributed by atoms with van der Waals surface area (Å²) in [6.45, 7) is 0. The molecule has 1 aromatic heterocycles. The number of pyridine rings is 1. The molecule has 0 spiro atoms. The van der Waals surface area contributed by atoms with Crippen LogP contribution in [0.4, 0.5) is 0 Å². The molecule has 0 fully saturated rings. The number of aliphatic hydroxyl groups excluding tert-OH is 1. The van der Waals surface area contributed by atoms with Gasteiger partial charge in [0, 0.05) is 27.5 Å². The zero-order valence-corrected chi connectivity index (χ0v) is 11.5. The molecule has 0 radical (unpaired) electrons. The van der Waals surface area contributed by atoms with Crippen molar-refractivity contribution in [3.8, 4) is 0 Å². The van der Waals surface area contributed by atoms with E-state index in [2.05, 4.69) is 20.9 Å². The summed E-state index contributed by atoms with van der Waals surface area (Å²) in [6, 6.07) is 11.8. The first-order chi connectivity index (χ1) is 8.25. The van der Waals surface area contributed by atoms with Crippen LogP contribution in [0.25, 0.3) is 0 Å². The fourth-order valence-electron chi connectivity index (χ4n) is 1.40. The van der Waals surface area contributed by atoms with Crippen molar-refractivity contribution in [3.05, 3.63) is 58.8 Å². The van der Waals surface area contributed by atoms with Gasteiger partial charge >= 0.3 is 0 Å². The molecule has 2 rings (SSSR count). The molecule has 0 aliphatic carbocycles. The van der Waals surface area contributed by atoms with Crippen molar-refractivity contribution in [2.24, 2.45) is 0 Å². The van der Waals surface area contributed by atoms with E-state index in [4.69, 9.17) is 0 Å². The van der Waals surface area contributed by atoms with Crippen molar-refractivity contribution in [3.63, 3.8) is 0 Å². The van der Waals surface area contributed by atoms with Gasteiger partial charge in [0.05, 0.1) is 6.10 Å². The zero-order chi connectivity index (χ0) is 12.1. The minimum atomic E-state index is -0.479. The van der Waals surface area contributed by atoms with Gasteiger partial charge in [0.1, 0.15) is 0 Å². The summed E-state index contributed by atoms with van der Waals surface area (Å²) in [5, 5.41) is 9.98. The minimum Gasteiger partial charge on any atom is -0.387 e. The molecular formula is C13H12BrNOS. The Labute approximate surface area is 113 Å². The average Bonchev–Trinajstić information content (AvgIpc) is 2.37. The number of aliphatic hydroxyl groups is 1. The topological polar surface area (TPSA) is 33.1 Å². The normalized spacial score (nSPS) is 12.4. The lowest BCUT2D eigenvalue weighted by molar-refractivity contribution is 0.203. The highest BCUT2D eigenvalue weighted by Crippen LogP contribution is 2.26. The number of hydrogen-bond donors (Lipinski definition) is 1.